The molecule has 7 heteroatoms. The van der Waals surface area contributed by atoms with Crippen molar-refractivity contribution in [1.82, 2.24) is 5.32 Å². The molecule has 1 fully saturated rings. The number of halogens is 1. The number of benzene rings is 2. The summed E-state index contributed by atoms with van der Waals surface area (Å²) < 4.78 is 29.6. The fourth-order valence-corrected chi connectivity index (χ4v) is 3.77. The number of esters is 1. The summed E-state index contributed by atoms with van der Waals surface area (Å²) in [5, 5.41) is 2.84. The van der Waals surface area contributed by atoms with Crippen LogP contribution in [-0.2, 0) is 20.9 Å². The van der Waals surface area contributed by atoms with E-state index in [4.69, 9.17) is 14.2 Å². The lowest BCUT2D eigenvalue weighted by Crippen LogP contribution is -2.52. The summed E-state index contributed by atoms with van der Waals surface area (Å²) in [6, 6.07) is 11.4. The van der Waals surface area contributed by atoms with Gasteiger partial charge in [0.15, 0.2) is 11.5 Å². The topological polar surface area (TPSA) is 73.9 Å². The highest BCUT2D eigenvalue weighted by Gasteiger charge is 2.43. The molecule has 1 saturated carbocycles. The Kier molecular flexibility index (Phi) is 7.87. The molecule has 0 atom stereocenters. The molecule has 0 aromatic heterocycles. The Labute approximate surface area is 187 Å². The molecule has 0 unspecified atom stereocenters. The van der Waals surface area contributed by atoms with Crippen LogP contribution in [0, 0.1) is 5.82 Å². The van der Waals surface area contributed by atoms with Crippen molar-refractivity contribution >= 4 is 18.0 Å². The van der Waals surface area contributed by atoms with Crippen LogP contribution in [0.4, 0.5) is 4.39 Å². The first-order valence-corrected chi connectivity index (χ1v) is 10.7. The molecule has 2 aromatic carbocycles. The summed E-state index contributed by atoms with van der Waals surface area (Å²) in [5.74, 6) is -0.0569. The number of ether oxygens (including phenoxy) is 3. The summed E-state index contributed by atoms with van der Waals surface area (Å²) in [4.78, 5) is 24.9. The van der Waals surface area contributed by atoms with Gasteiger partial charge in [-0.25, -0.2) is 9.18 Å². The Bertz CT molecular complexity index is 982. The fourth-order valence-electron chi connectivity index (χ4n) is 3.77. The highest BCUT2D eigenvalue weighted by Crippen LogP contribution is 2.31. The number of carbonyl (C=O) groups is 2. The SMILES string of the molecule is CCOC(=O)C1(NC(=O)/C=C/c2ccc(OCc3cccc(F)c3)c(OC)c2)CCCC1. The van der Waals surface area contributed by atoms with Gasteiger partial charge >= 0.3 is 5.97 Å². The zero-order chi connectivity index (χ0) is 23.0. The Morgan fingerprint density at radius 2 is 1.91 bits per heavy atom. The highest BCUT2D eigenvalue weighted by atomic mass is 19.1. The largest absolute Gasteiger partial charge is 0.493 e. The van der Waals surface area contributed by atoms with E-state index in [2.05, 4.69) is 5.32 Å². The second-order valence-corrected chi connectivity index (χ2v) is 7.66. The van der Waals surface area contributed by atoms with Gasteiger partial charge in [-0.2, -0.15) is 0 Å². The van der Waals surface area contributed by atoms with Crippen molar-refractivity contribution in [2.45, 2.75) is 44.8 Å². The molecule has 170 valence electrons. The normalized spacial score (nSPS) is 14.8. The quantitative estimate of drug-likeness (QED) is 0.461. The minimum atomic E-state index is -0.941. The van der Waals surface area contributed by atoms with E-state index in [1.54, 1.807) is 43.3 Å². The molecule has 0 saturated heterocycles. The molecule has 1 aliphatic rings. The fraction of sp³-hybridized carbons (Fsp3) is 0.360. The second-order valence-electron chi connectivity index (χ2n) is 7.66. The number of carbonyl (C=O) groups excluding carboxylic acids is 2. The Hall–Kier alpha value is -3.35. The van der Waals surface area contributed by atoms with Crippen LogP contribution >= 0.6 is 0 Å². The summed E-state index contributed by atoms with van der Waals surface area (Å²) in [7, 11) is 1.52. The third-order valence-electron chi connectivity index (χ3n) is 5.38. The molecule has 32 heavy (non-hydrogen) atoms. The summed E-state index contributed by atoms with van der Waals surface area (Å²) in [5.41, 5.74) is 0.492. The van der Waals surface area contributed by atoms with E-state index in [-0.39, 0.29) is 30.9 Å². The van der Waals surface area contributed by atoms with E-state index < -0.39 is 5.54 Å². The Morgan fingerprint density at radius 1 is 1.12 bits per heavy atom. The van der Waals surface area contributed by atoms with Crippen molar-refractivity contribution in [1.29, 1.82) is 0 Å². The summed E-state index contributed by atoms with van der Waals surface area (Å²) in [6.07, 6.45) is 5.94. The first-order valence-electron chi connectivity index (χ1n) is 10.7. The second kappa shape index (κ2) is 10.8. The lowest BCUT2D eigenvalue weighted by molar-refractivity contribution is -0.152. The zero-order valence-electron chi connectivity index (χ0n) is 18.4. The number of rotatable bonds is 9. The molecule has 2 aromatic rings. The van der Waals surface area contributed by atoms with Gasteiger partial charge in [0, 0.05) is 6.08 Å². The predicted octanol–water partition coefficient (Wildman–Crippen LogP) is 4.42. The molecular formula is C25H28FNO5. The predicted molar refractivity (Wildman–Crippen MR) is 119 cm³/mol. The van der Waals surface area contributed by atoms with Gasteiger partial charge < -0.3 is 19.5 Å². The minimum Gasteiger partial charge on any atom is -0.493 e. The highest BCUT2D eigenvalue weighted by molar-refractivity contribution is 5.96. The van der Waals surface area contributed by atoms with Crippen molar-refractivity contribution in [2.24, 2.45) is 0 Å². The van der Waals surface area contributed by atoms with Gasteiger partial charge in [0.05, 0.1) is 13.7 Å². The number of hydrogen-bond donors (Lipinski definition) is 1. The van der Waals surface area contributed by atoms with Crippen LogP contribution in [-0.4, -0.2) is 31.1 Å². The molecule has 1 aliphatic carbocycles. The van der Waals surface area contributed by atoms with E-state index >= 15 is 0 Å². The van der Waals surface area contributed by atoms with Crippen LogP contribution in [0.3, 0.4) is 0 Å². The maximum absolute atomic E-state index is 13.3. The molecule has 0 radical (unpaired) electrons. The molecule has 1 amide bonds. The standard InChI is InChI=1S/C25H28FNO5/c1-3-31-24(29)25(13-4-5-14-25)27-23(28)12-10-18-9-11-21(22(16-18)30-2)32-17-19-7-6-8-20(26)15-19/h6-12,15-16H,3-5,13-14,17H2,1-2H3,(H,27,28)/b12-10+. The molecule has 0 heterocycles. The van der Waals surface area contributed by atoms with E-state index in [1.165, 1.54) is 25.3 Å². The summed E-state index contributed by atoms with van der Waals surface area (Å²) in [6.45, 7) is 2.22. The average Bonchev–Trinajstić information content (AvgIpc) is 3.26. The van der Waals surface area contributed by atoms with Crippen molar-refractivity contribution in [3.8, 4) is 11.5 Å². The van der Waals surface area contributed by atoms with Gasteiger partial charge in [-0.05, 0) is 61.2 Å². The lowest BCUT2D eigenvalue weighted by Gasteiger charge is -2.27. The van der Waals surface area contributed by atoms with Gasteiger partial charge in [-0.15, -0.1) is 0 Å². The van der Waals surface area contributed by atoms with E-state index in [9.17, 15) is 14.0 Å². The first kappa shape index (κ1) is 23.3. The first-order chi connectivity index (χ1) is 15.5. The van der Waals surface area contributed by atoms with Crippen LogP contribution in [0.15, 0.2) is 48.5 Å². The maximum Gasteiger partial charge on any atom is 0.331 e. The molecule has 0 spiro atoms. The molecule has 0 bridgehead atoms. The monoisotopic (exact) mass is 441 g/mol. The zero-order valence-corrected chi connectivity index (χ0v) is 18.4. The van der Waals surface area contributed by atoms with E-state index in [0.717, 1.165) is 18.4 Å². The van der Waals surface area contributed by atoms with Crippen molar-refractivity contribution in [3.05, 3.63) is 65.5 Å². The Morgan fingerprint density at radius 3 is 2.59 bits per heavy atom. The molecular weight excluding hydrogens is 413 g/mol. The van der Waals surface area contributed by atoms with Crippen LogP contribution in [0.2, 0.25) is 0 Å². The van der Waals surface area contributed by atoms with Gasteiger partial charge in [-0.3, -0.25) is 4.79 Å². The number of methoxy groups -OCH3 is 1. The van der Waals surface area contributed by atoms with Crippen LogP contribution in [0.5, 0.6) is 11.5 Å². The lowest BCUT2D eigenvalue weighted by atomic mass is 9.97. The molecule has 6 nitrogen and oxygen atoms in total. The summed E-state index contributed by atoms with van der Waals surface area (Å²) >= 11 is 0. The molecule has 3 rings (SSSR count). The number of hydrogen-bond acceptors (Lipinski definition) is 5. The van der Waals surface area contributed by atoms with Crippen LogP contribution in [0.25, 0.3) is 6.08 Å². The van der Waals surface area contributed by atoms with Gasteiger partial charge in [0.1, 0.15) is 18.0 Å². The Balaban J connectivity index is 1.65. The van der Waals surface area contributed by atoms with Gasteiger partial charge in [0.25, 0.3) is 0 Å². The van der Waals surface area contributed by atoms with Crippen molar-refractivity contribution < 1.29 is 28.2 Å². The van der Waals surface area contributed by atoms with Gasteiger partial charge in [0.2, 0.25) is 5.91 Å². The van der Waals surface area contributed by atoms with Crippen LogP contribution < -0.4 is 14.8 Å². The maximum atomic E-state index is 13.3. The number of nitrogens with one attached hydrogen (secondary N) is 1. The van der Waals surface area contributed by atoms with Crippen LogP contribution in [0.1, 0.15) is 43.7 Å². The minimum absolute atomic E-state index is 0.196. The van der Waals surface area contributed by atoms with E-state index in [0.29, 0.717) is 29.9 Å². The van der Waals surface area contributed by atoms with E-state index in [1.807, 2.05) is 0 Å². The average molecular weight is 441 g/mol. The van der Waals surface area contributed by atoms with Gasteiger partial charge in [-0.1, -0.05) is 31.0 Å². The third-order valence-corrected chi connectivity index (χ3v) is 5.38. The van der Waals surface area contributed by atoms with Crippen molar-refractivity contribution in [2.75, 3.05) is 13.7 Å². The molecule has 1 N–H and O–H groups in total. The smallest absolute Gasteiger partial charge is 0.331 e. The number of amides is 1. The third kappa shape index (κ3) is 5.87. The molecule has 0 aliphatic heterocycles. The van der Waals surface area contributed by atoms with Crippen molar-refractivity contribution in [3.63, 3.8) is 0 Å².